The quantitative estimate of drug-likeness (QED) is 0.751. The Labute approximate surface area is 128 Å². The van der Waals surface area contributed by atoms with Crippen LogP contribution in [0.4, 0.5) is 4.79 Å². The Hall–Kier alpha value is -1.69. The largest absolute Gasteiger partial charge is 0.478 e. The fraction of sp³-hybridized carbons (Fsp3) is 0.467. The summed E-state index contributed by atoms with van der Waals surface area (Å²) in [4.78, 5) is 22.5. The van der Waals surface area contributed by atoms with Crippen molar-refractivity contribution in [3.05, 3.63) is 35.4 Å². The van der Waals surface area contributed by atoms with Crippen molar-refractivity contribution in [2.45, 2.75) is 12.8 Å². The standard InChI is InChI=1S/C15H20N2O3S/c18-14(19)13-3-1-2-11(8-13)4-6-16-15(20)17-9-12-5-7-21-10-12/h1-3,8,12H,4-7,9-10H2,(H,18,19)(H2,16,17,20). The molecule has 1 fully saturated rings. The van der Waals surface area contributed by atoms with Crippen molar-refractivity contribution in [1.82, 2.24) is 10.6 Å². The Balaban J connectivity index is 1.67. The molecule has 1 heterocycles. The number of urea groups is 1. The first-order valence-corrected chi connectivity index (χ1v) is 8.22. The molecule has 1 aliphatic rings. The van der Waals surface area contributed by atoms with Gasteiger partial charge in [-0.3, -0.25) is 0 Å². The van der Waals surface area contributed by atoms with E-state index in [4.69, 9.17) is 5.11 Å². The van der Waals surface area contributed by atoms with Crippen molar-refractivity contribution in [1.29, 1.82) is 0 Å². The van der Waals surface area contributed by atoms with Crippen LogP contribution in [0.2, 0.25) is 0 Å². The van der Waals surface area contributed by atoms with Gasteiger partial charge in [0.05, 0.1) is 5.56 Å². The molecule has 1 atom stereocenters. The fourth-order valence-electron chi connectivity index (χ4n) is 2.22. The number of aromatic carboxylic acids is 1. The number of benzene rings is 1. The van der Waals surface area contributed by atoms with Crippen LogP contribution in [-0.2, 0) is 6.42 Å². The predicted molar refractivity (Wildman–Crippen MR) is 83.9 cm³/mol. The second-order valence-corrected chi connectivity index (χ2v) is 6.27. The Bertz CT molecular complexity index is 501. The lowest BCUT2D eigenvalue weighted by atomic mass is 10.1. The second kappa shape index (κ2) is 7.93. The Morgan fingerprint density at radius 2 is 2.19 bits per heavy atom. The minimum atomic E-state index is -0.933. The smallest absolute Gasteiger partial charge is 0.335 e. The number of amides is 2. The average Bonchev–Trinajstić information content (AvgIpc) is 2.99. The molecule has 1 aromatic rings. The molecule has 3 N–H and O–H groups in total. The minimum absolute atomic E-state index is 0.152. The highest BCUT2D eigenvalue weighted by Gasteiger charge is 2.15. The van der Waals surface area contributed by atoms with Crippen molar-refractivity contribution in [2.24, 2.45) is 5.92 Å². The topological polar surface area (TPSA) is 78.4 Å². The van der Waals surface area contributed by atoms with Gasteiger partial charge in [0.25, 0.3) is 0 Å². The van der Waals surface area contributed by atoms with Crippen molar-refractivity contribution in [3.8, 4) is 0 Å². The van der Waals surface area contributed by atoms with Crippen LogP contribution in [0.3, 0.4) is 0 Å². The van der Waals surface area contributed by atoms with Crippen LogP contribution in [0.5, 0.6) is 0 Å². The maximum Gasteiger partial charge on any atom is 0.335 e. The molecule has 2 amide bonds. The lowest BCUT2D eigenvalue weighted by Gasteiger charge is -2.11. The average molecular weight is 308 g/mol. The lowest BCUT2D eigenvalue weighted by molar-refractivity contribution is 0.0696. The number of hydrogen-bond acceptors (Lipinski definition) is 3. The maximum absolute atomic E-state index is 11.6. The van der Waals surface area contributed by atoms with Gasteiger partial charge in [0, 0.05) is 13.1 Å². The zero-order valence-electron chi connectivity index (χ0n) is 11.8. The van der Waals surface area contributed by atoms with Crippen LogP contribution in [0.25, 0.3) is 0 Å². The number of nitrogens with one attached hydrogen (secondary N) is 2. The van der Waals surface area contributed by atoms with Gasteiger partial charge in [0.2, 0.25) is 0 Å². The van der Waals surface area contributed by atoms with E-state index in [-0.39, 0.29) is 11.6 Å². The first-order chi connectivity index (χ1) is 10.1. The molecule has 0 aromatic heterocycles. The van der Waals surface area contributed by atoms with Gasteiger partial charge in [-0.2, -0.15) is 11.8 Å². The van der Waals surface area contributed by atoms with Gasteiger partial charge < -0.3 is 15.7 Å². The van der Waals surface area contributed by atoms with Crippen molar-refractivity contribution < 1.29 is 14.7 Å². The number of carbonyl (C=O) groups is 2. The molecule has 0 spiro atoms. The number of thioether (sulfide) groups is 1. The Morgan fingerprint density at radius 3 is 2.90 bits per heavy atom. The van der Waals surface area contributed by atoms with Gasteiger partial charge in [-0.1, -0.05) is 12.1 Å². The van der Waals surface area contributed by atoms with Gasteiger partial charge in [-0.25, -0.2) is 9.59 Å². The molecule has 0 aliphatic carbocycles. The van der Waals surface area contributed by atoms with E-state index in [1.807, 2.05) is 17.8 Å². The molecule has 1 saturated heterocycles. The molecule has 6 heteroatoms. The molecule has 0 bridgehead atoms. The predicted octanol–water partition coefficient (Wildman–Crippen LogP) is 1.98. The Morgan fingerprint density at radius 1 is 1.33 bits per heavy atom. The SMILES string of the molecule is O=C(NCCc1cccc(C(=O)O)c1)NCC1CCSC1. The van der Waals surface area contributed by atoms with Crippen LogP contribution < -0.4 is 10.6 Å². The summed E-state index contributed by atoms with van der Waals surface area (Å²) in [6, 6.07) is 6.63. The second-order valence-electron chi connectivity index (χ2n) is 5.12. The van der Waals surface area contributed by atoms with E-state index in [0.29, 0.717) is 18.9 Å². The van der Waals surface area contributed by atoms with Crippen LogP contribution in [0.15, 0.2) is 24.3 Å². The molecular weight excluding hydrogens is 288 g/mol. The van der Waals surface area contributed by atoms with Crippen LogP contribution in [0, 0.1) is 5.92 Å². The zero-order chi connectivity index (χ0) is 15.1. The number of carbonyl (C=O) groups excluding carboxylic acids is 1. The lowest BCUT2D eigenvalue weighted by Crippen LogP contribution is -2.39. The molecule has 0 radical (unpaired) electrons. The molecule has 2 rings (SSSR count). The van der Waals surface area contributed by atoms with Crippen molar-refractivity contribution in [2.75, 3.05) is 24.6 Å². The van der Waals surface area contributed by atoms with E-state index >= 15 is 0 Å². The molecule has 0 saturated carbocycles. The maximum atomic E-state index is 11.6. The van der Waals surface area contributed by atoms with E-state index in [2.05, 4.69) is 10.6 Å². The molecule has 1 aromatic carbocycles. The number of hydrogen-bond donors (Lipinski definition) is 3. The summed E-state index contributed by atoms with van der Waals surface area (Å²) < 4.78 is 0. The molecule has 1 aliphatic heterocycles. The molecule has 21 heavy (non-hydrogen) atoms. The number of carboxylic acid groups (broad SMARTS) is 1. The van der Waals surface area contributed by atoms with Gasteiger partial charge in [0.15, 0.2) is 0 Å². The number of rotatable bonds is 6. The monoisotopic (exact) mass is 308 g/mol. The summed E-state index contributed by atoms with van der Waals surface area (Å²) >= 11 is 1.93. The van der Waals surface area contributed by atoms with E-state index in [1.165, 1.54) is 12.2 Å². The molecule has 1 unspecified atom stereocenters. The summed E-state index contributed by atoms with van der Waals surface area (Å²) in [5, 5.41) is 14.6. The third-order valence-corrected chi connectivity index (χ3v) is 4.68. The first-order valence-electron chi connectivity index (χ1n) is 7.07. The summed E-state index contributed by atoms with van der Waals surface area (Å²) in [6.45, 7) is 1.22. The fourth-order valence-corrected chi connectivity index (χ4v) is 3.51. The minimum Gasteiger partial charge on any atom is -0.478 e. The van der Waals surface area contributed by atoms with E-state index < -0.39 is 5.97 Å². The van der Waals surface area contributed by atoms with E-state index in [0.717, 1.165) is 17.9 Å². The van der Waals surface area contributed by atoms with Crippen LogP contribution >= 0.6 is 11.8 Å². The van der Waals surface area contributed by atoms with Gasteiger partial charge >= 0.3 is 12.0 Å². The van der Waals surface area contributed by atoms with Crippen LogP contribution in [-0.4, -0.2) is 41.7 Å². The zero-order valence-corrected chi connectivity index (χ0v) is 12.6. The van der Waals surface area contributed by atoms with Crippen molar-refractivity contribution in [3.63, 3.8) is 0 Å². The normalized spacial score (nSPS) is 17.4. The summed E-state index contributed by atoms with van der Waals surface area (Å²) in [5.74, 6) is 1.97. The highest BCUT2D eigenvalue weighted by atomic mass is 32.2. The third kappa shape index (κ3) is 5.30. The summed E-state index contributed by atoms with van der Waals surface area (Å²) in [7, 11) is 0. The summed E-state index contributed by atoms with van der Waals surface area (Å²) in [5.41, 5.74) is 1.18. The van der Waals surface area contributed by atoms with Gasteiger partial charge in [-0.15, -0.1) is 0 Å². The highest BCUT2D eigenvalue weighted by Crippen LogP contribution is 2.22. The van der Waals surface area contributed by atoms with Gasteiger partial charge in [0.1, 0.15) is 0 Å². The third-order valence-electron chi connectivity index (χ3n) is 3.45. The number of carboxylic acids is 1. The Kier molecular flexibility index (Phi) is 5.92. The first kappa shape index (κ1) is 15.7. The molecular formula is C15H20N2O3S. The van der Waals surface area contributed by atoms with E-state index in [1.54, 1.807) is 18.2 Å². The summed E-state index contributed by atoms with van der Waals surface area (Å²) in [6.07, 6.45) is 1.79. The highest BCUT2D eigenvalue weighted by molar-refractivity contribution is 7.99. The molecule has 5 nitrogen and oxygen atoms in total. The van der Waals surface area contributed by atoms with Gasteiger partial charge in [-0.05, 0) is 48.0 Å². The van der Waals surface area contributed by atoms with Crippen molar-refractivity contribution >= 4 is 23.8 Å². The molecule has 114 valence electrons. The van der Waals surface area contributed by atoms with E-state index in [9.17, 15) is 9.59 Å². The van der Waals surface area contributed by atoms with Crippen LogP contribution in [0.1, 0.15) is 22.3 Å².